The van der Waals surface area contributed by atoms with Crippen molar-refractivity contribution in [3.8, 4) is 0 Å². The molecule has 2 aliphatic rings. The normalized spacial score (nSPS) is 22.0. The van der Waals surface area contributed by atoms with Crippen LogP contribution in [-0.4, -0.2) is 67.5 Å². The fourth-order valence-electron chi connectivity index (χ4n) is 3.69. The van der Waals surface area contributed by atoms with Gasteiger partial charge in [-0.05, 0) is 56.3 Å². The first-order valence-electron chi connectivity index (χ1n) is 9.74. The molecule has 2 saturated heterocycles. The molecule has 6 heteroatoms. The number of urea groups is 1. The number of piperidine rings is 1. The third-order valence-electron chi connectivity index (χ3n) is 5.13. The fourth-order valence-corrected chi connectivity index (χ4v) is 4.18. The van der Waals surface area contributed by atoms with Gasteiger partial charge in [-0.2, -0.15) is 0 Å². The van der Waals surface area contributed by atoms with E-state index in [1.54, 1.807) is 11.8 Å². The maximum atomic E-state index is 12.7. The minimum Gasteiger partial charge on any atom is -0.375 e. The molecule has 2 fully saturated rings. The molecular weight excluding hydrogens is 346 g/mol. The van der Waals surface area contributed by atoms with Gasteiger partial charge >= 0.3 is 6.03 Å². The molecule has 2 aliphatic heterocycles. The minimum absolute atomic E-state index is 0.0219. The smallest absolute Gasteiger partial charge is 0.317 e. The Balaban J connectivity index is 1.50. The molecule has 0 radical (unpaired) electrons. The number of benzene rings is 1. The lowest BCUT2D eigenvalue weighted by molar-refractivity contribution is 0.0256. The van der Waals surface area contributed by atoms with Gasteiger partial charge in [0.05, 0.1) is 6.10 Å². The van der Waals surface area contributed by atoms with Gasteiger partial charge in [0.25, 0.3) is 0 Å². The van der Waals surface area contributed by atoms with E-state index in [9.17, 15) is 4.79 Å². The number of nitrogens with zero attached hydrogens (tertiary/aromatic N) is 2. The predicted molar refractivity (Wildman–Crippen MR) is 107 cm³/mol. The number of likely N-dealkylation sites (tertiary alicyclic amines) is 1. The second-order valence-electron chi connectivity index (χ2n) is 7.16. The van der Waals surface area contributed by atoms with Crippen molar-refractivity contribution in [1.82, 2.24) is 15.1 Å². The molecule has 1 aromatic rings. The molecule has 0 aromatic heterocycles. The molecule has 1 atom stereocenters. The summed E-state index contributed by atoms with van der Waals surface area (Å²) in [6, 6.07) is 8.35. The average molecular weight is 378 g/mol. The highest BCUT2D eigenvalue weighted by Gasteiger charge is 2.24. The van der Waals surface area contributed by atoms with Crippen LogP contribution in [0.4, 0.5) is 4.79 Å². The average Bonchev–Trinajstić information content (AvgIpc) is 2.93. The van der Waals surface area contributed by atoms with E-state index in [4.69, 9.17) is 4.74 Å². The quantitative estimate of drug-likeness (QED) is 0.801. The highest BCUT2D eigenvalue weighted by Crippen LogP contribution is 2.16. The number of rotatable bonds is 5. The SMILES string of the molecule is CSc1cccc(CNC(=O)N2CCCO[C@@H](CN3CCCCC3)C2)c1. The standard InChI is InChI=1S/C20H31N3O2S/c1-26-19-8-5-7-17(13-19)14-21-20(24)23-11-6-12-25-18(16-23)15-22-9-3-2-4-10-22/h5,7-8,13,18H,2-4,6,9-12,14-16H2,1H3,(H,21,24)/t18-/m0/s1. The van der Waals surface area contributed by atoms with Gasteiger partial charge in [-0.3, -0.25) is 0 Å². The zero-order chi connectivity index (χ0) is 18.2. The number of nitrogens with one attached hydrogen (secondary N) is 1. The summed E-state index contributed by atoms with van der Waals surface area (Å²) in [5.41, 5.74) is 1.14. The second-order valence-corrected chi connectivity index (χ2v) is 8.04. The molecule has 0 bridgehead atoms. The van der Waals surface area contributed by atoms with E-state index in [1.807, 2.05) is 11.0 Å². The van der Waals surface area contributed by atoms with Gasteiger partial charge in [0, 0.05) is 37.7 Å². The molecule has 0 aliphatic carbocycles. The molecule has 26 heavy (non-hydrogen) atoms. The Labute approximate surface area is 161 Å². The number of carbonyl (C=O) groups excluding carboxylic acids is 1. The van der Waals surface area contributed by atoms with Gasteiger partial charge < -0.3 is 19.9 Å². The third-order valence-corrected chi connectivity index (χ3v) is 5.85. The summed E-state index contributed by atoms with van der Waals surface area (Å²) in [7, 11) is 0. The lowest BCUT2D eigenvalue weighted by Crippen LogP contribution is -2.46. The van der Waals surface area contributed by atoms with E-state index in [-0.39, 0.29) is 12.1 Å². The van der Waals surface area contributed by atoms with Crippen LogP contribution in [0.3, 0.4) is 0 Å². The summed E-state index contributed by atoms with van der Waals surface area (Å²) in [4.78, 5) is 18.3. The van der Waals surface area contributed by atoms with Crippen molar-refractivity contribution >= 4 is 17.8 Å². The van der Waals surface area contributed by atoms with Crippen LogP contribution in [0.15, 0.2) is 29.2 Å². The van der Waals surface area contributed by atoms with Crippen molar-refractivity contribution in [1.29, 1.82) is 0 Å². The lowest BCUT2D eigenvalue weighted by Gasteiger charge is -2.31. The van der Waals surface area contributed by atoms with E-state index in [2.05, 4.69) is 34.7 Å². The topological polar surface area (TPSA) is 44.8 Å². The summed E-state index contributed by atoms with van der Waals surface area (Å²) < 4.78 is 6.01. The van der Waals surface area contributed by atoms with Crippen molar-refractivity contribution in [2.45, 2.75) is 43.2 Å². The number of hydrogen-bond acceptors (Lipinski definition) is 4. The van der Waals surface area contributed by atoms with Gasteiger partial charge in [0.15, 0.2) is 0 Å². The Hall–Kier alpha value is -1.24. The fraction of sp³-hybridized carbons (Fsp3) is 0.650. The van der Waals surface area contributed by atoms with Crippen molar-refractivity contribution < 1.29 is 9.53 Å². The molecule has 0 spiro atoms. The first-order chi connectivity index (χ1) is 12.7. The Morgan fingerprint density at radius 2 is 2.08 bits per heavy atom. The van der Waals surface area contributed by atoms with Crippen LogP contribution in [0.2, 0.25) is 0 Å². The van der Waals surface area contributed by atoms with E-state index < -0.39 is 0 Å². The zero-order valence-electron chi connectivity index (χ0n) is 15.8. The van der Waals surface area contributed by atoms with Crippen LogP contribution < -0.4 is 5.32 Å². The Morgan fingerprint density at radius 1 is 1.23 bits per heavy atom. The van der Waals surface area contributed by atoms with Gasteiger partial charge in [0.2, 0.25) is 0 Å². The van der Waals surface area contributed by atoms with Crippen LogP contribution in [-0.2, 0) is 11.3 Å². The molecule has 2 amide bonds. The zero-order valence-corrected chi connectivity index (χ0v) is 16.6. The third kappa shape index (κ3) is 5.89. The maximum absolute atomic E-state index is 12.7. The van der Waals surface area contributed by atoms with Crippen LogP contribution in [0, 0.1) is 0 Å². The number of hydrogen-bond donors (Lipinski definition) is 1. The summed E-state index contributed by atoms with van der Waals surface area (Å²) in [6.07, 6.45) is 7.01. The highest BCUT2D eigenvalue weighted by molar-refractivity contribution is 7.98. The number of thioether (sulfide) groups is 1. The van der Waals surface area contributed by atoms with E-state index in [0.717, 1.165) is 44.8 Å². The van der Waals surface area contributed by atoms with Gasteiger partial charge in [0.1, 0.15) is 0 Å². The summed E-state index contributed by atoms with van der Waals surface area (Å²) in [5, 5.41) is 3.08. The predicted octanol–water partition coefficient (Wildman–Crippen LogP) is 3.19. The van der Waals surface area contributed by atoms with Gasteiger partial charge in [-0.1, -0.05) is 18.6 Å². The first-order valence-corrected chi connectivity index (χ1v) is 11.0. The monoisotopic (exact) mass is 377 g/mol. The number of amides is 2. The van der Waals surface area contributed by atoms with Gasteiger partial charge in [-0.25, -0.2) is 4.79 Å². The van der Waals surface area contributed by atoms with E-state index in [1.165, 1.54) is 24.2 Å². The van der Waals surface area contributed by atoms with Crippen molar-refractivity contribution in [2.24, 2.45) is 0 Å². The second kappa shape index (κ2) is 10.2. The first kappa shape index (κ1) is 19.5. The van der Waals surface area contributed by atoms with Crippen LogP contribution >= 0.6 is 11.8 Å². The Kier molecular flexibility index (Phi) is 7.65. The Morgan fingerprint density at radius 3 is 2.88 bits per heavy atom. The molecule has 5 nitrogen and oxygen atoms in total. The van der Waals surface area contributed by atoms with Crippen molar-refractivity contribution in [3.05, 3.63) is 29.8 Å². The molecule has 1 aromatic carbocycles. The molecule has 3 rings (SSSR count). The van der Waals surface area contributed by atoms with E-state index in [0.29, 0.717) is 13.1 Å². The molecule has 144 valence electrons. The molecular formula is C20H31N3O2S. The van der Waals surface area contributed by atoms with Crippen LogP contribution in [0.25, 0.3) is 0 Å². The van der Waals surface area contributed by atoms with Crippen molar-refractivity contribution in [2.75, 3.05) is 45.6 Å². The summed E-state index contributed by atoms with van der Waals surface area (Å²) in [5.74, 6) is 0. The summed E-state index contributed by atoms with van der Waals surface area (Å²) >= 11 is 1.72. The molecule has 0 unspecified atom stereocenters. The van der Waals surface area contributed by atoms with E-state index >= 15 is 0 Å². The molecule has 0 saturated carbocycles. The van der Waals surface area contributed by atoms with Crippen LogP contribution in [0.1, 0.15) is 31.2 Å². The lowest BCUT2D eigenvalue weighted by atomic mass is 10.1. The Bertz CT molecular complexity index is 578. The number of ether oxygens (including phenoxy) is 1. The van der Waals surface area contributed by atoms with Crippen molar-refractivity contribution in [3.63, 3.8) is 0 Å². The van der Waals surface area contributed by atoms with Crippen LogP contribution in [0.5, 0.6) is 0 Å². The molecule has 2 heterocycles. The summed E-state index contributed by atoms with van der Waals surface area (Å²) in [6.45, 7) is 6.05. The minimum atomic E-state index is 0.0219. The number of carbonyl (C=O) groups is 1. The van der Waals surface area contributed by atoms with Gasteiger partial charge in [-0.15, -0.1) is 11.8 Å². The molecule has 1 N–H and O–H groups in total. The highest BCUT2D eigenvalue weighted by atomic mass is 32.2. The maximum Gasteiger partial charge on any atom is 0.317 e. The largest absolute Gasteiger partial charge is 0.375 e.